The van der Waals surface area contributed by atoms with Crippen LogP contribution in [0.5, 0.6) is 5.75 Å². The predicted octanol–water partition coefficient (Wildman–Crippen LogP) is 5.40. The van der Waals surface area contributed by atoms with Crippen molar-refractivity contribution in [1.29, 1.82) is 0 Å². The molecule has 10 nitrogen and oxygen atoms in total. The lowest BCUT2D eigenvalue weighted by molar-refractivity contribution is -0.209. The smallest absolute Gasteiger partial charge is 0.338 e. The largest absolute Gasteiger partial charge is 0.508 e. The molecular formula is C39H47NO9. The summed E-state index contributed by atoms with van der Waals surface area (Å²) in [6.07, 6.45) is 8.59. The van der Waals surface area contributed by atoms with Crippen LogP contribution in [0.15, 0.2) is 66.3 Å². The average molecular weight is 674 g/mol. The molecular weight excluding hydrogens is 626 g/mol. The number of aliphatic hydroxyl groups excluding tert-OH is 1. The molecule has 49 heavy (non-hydrogen) atoms. The molecule has 0 spiro atoms. The topological polar surface area (TPSA) is 141 Å². The Balaban J connectivity index is 1.15. The second-order valence-corrected chi connectivity index (χ2v) is 14.6. The standard InChI is InChI=1S/C39H47NO9/c1-38(2,3)48-34(43)19-18-30(23-41)40-36(44)27-21-32(35-33(22-27)47-39(49-35,28-14-15-28)29-16-17-29)46-37(45)26-12-7-9-24(20-26)8-6-11-25-10-4-5-13-31(25)42/h4-10,12-13,20,22,28-30,32-33,35,41-42H,11,14-19,21,23H2,1-3H3,(H,40,44)/t30-,32+,33+,35-/m0/s1. The fraction of sp³-hybridized carbons (Fsp3) is 0.513. The zero-order valence-corrected chi connectivity index (χ0v) is 28.4. The minimum atomic E-state index is -0.780. The third kappa shape index (κ3) is 8.60. The highest BCUT2D eigenvalue weighted by Crippen LogP contribution is 2.59. The summed E-state index contributed by atoms with van der Waals surface area (Å²) in [5.74, 6) is -1.31. The molecule has 0 unspecified atom stereocenters. The number of phenolic OH excluding ortho intramolecular Hbond substituents is 1. The molecule has 3 N–H and O–H groups in total. The molecule has 262 valence electrons. The minimum absolute atomic E-state index is 0.0397. The van der Waals surface area contributed by atoms with E-state index in [0.717, 1.165) is 36.8 Å². The SMILES string of the molecule is CC(C)(C)OC(=O)CC[C@@H](CO)NC(=O)C1=C[C@H]2OC(C3CC3)(C3CC3)O[C@H]2[C@H](OC(=O)c2cccc(C=CCc3ccccc3O)c2)C1. The van der Waals surface area contributed by atoms with Gasteiger partial charge in [-0.05, 0) is 94.7 Å². The number of fused-ring (bicyclic) bond motifs is 1. The quantitative estimate of drug-likeness (QED) is 0.238. The number of ether oxygens (including phenoxy) is 4. The molecule has 10 heteroatoms. The van der Waals surface area contributed by atoms with Crippen molar-refractivity contribution in [2.75, 3.05) is 6.61 Å². The Morgan fingerprint density at radius 3 is 2.45 bits per heavy atom. The second kappa shape index (κ2) is 14.5. The number of rotatable bonds is 13. The summed E-state index contributed by atoms with van der Waals surface area (Å²) in [4.78, 5) is 39.5. The number of aliphatic hydroxyl groups is 1. The van der Waals surface area contributed by atoms with Gasteiger partial charge in [0.05, 0.1) is 18.2 Å². The van der Waals surface area contributed by atoms with Gasteiger partial charge in [0.2, 0.25) is 5.91 Å². The van der Waals surface area contributed by atoms with E-state index in [1.54, 1.807) is 57.2 Å². The monoisotopic (exact) mass is 673 g/mol. The van der Waals surface area contributed by atoms with E-state index in [4.69, 9.17) is 18.9 Å². The zero-order chi connectivity index (χ0) is 34.8. The summed E-state index contributed by atoms with van der Waals surface area (Å²) < 4.78 is 24.9. The van der Waals surface area contributed by atoms with Gasteiger partial charge < -0.3 is 34.5 Å². The molecule has 0 aromatic heterocycles. The Bertz CT molecular complexity index is 1590. The van der Waals surface area contributed by atoms with E-state index in [0.29, 0.717) is 17.6 Å². The molecule has 3 fully saturated rings. The van der Waals surface area contributed by atoms with Gasteiger partial charge in [-0.3, -0.25) is 9.59 Å². The lowest BCUT2D eigenvalue weighted by Crippen LogP contribution is -2.45. The predicted molar refractivity (Wildman–Crippen MR) is 181 cm³/mol. The highest BCUT2D eigenvalue weighted by atomic mass is 16.8. The molecule has 1 saturated heterocycles. The molecule has 4 aliphatic rings. The van der Waals surface area contributed by atoms with Crippen molar-refractivity contribution in [1.82, 2.24) is 5.32 Å². The maximum Gasteiger partial charge on any atom is 0.338 e. The van der Waals surface area contributed by atoms with Crippen LogP contribution in [0, 0.1) is 11.8 Å². The molecule has 1 heterocycles. The van der Waals surface area contributed by atoms with Gasteiger partial charge >= 0.3 is 11.9 Å². The Morgan fingerprint density at radius 2 is 1.78 bits per heavy atom. The number of benzene rings is 2. The summed E-state index contributed by atoms with van der Waals surface area (Å²) >= 11 is 0. The van der Waals surface area contributed by atoms with Crippen molar-refractivity contribution in [2.24, 2.45) is 11.8 Å². The van der Waals surface area contributed by atoms with Gasteiger partial charge in [-0.25, -0.2) is 4.79 Å². The fourth-order valence-electron chi connectivity index (χ4n) is 6.72. The molecule has 1 aliphatic heterocycles. The lowest BCUT2D eigenvalue weighted by atomic mass is 9.91. The maximum atomic E-state index is 13.6. The van der Waals surface area contributed by atoms with Gasteiger partial charge in [0.15, 0.2) is 5.79 Å². The average Bonchev–Trinajstić information content (AvgIpc) is 4.00. The second-order valence-electron chi connectivity index (χ2n) is 14.6. The van der Waals surface area contributed by atoms with E-state index in [1.807, 2.05) is 30.4 Å². The maximum absolute atomic E-state index is 13.6. The Hall–Kier alpha value is -3.99. The number of hydrogen-bond donors (Lipinski definition) is 3. The van der Waals surface area contributed by atoms with E-state index >= 15 is 0 Å². The van der Waals surface area contributed by atoms with E-state index in [-0.39, 0.29) is 43.5 Å². The van der Waals surface area contributed by atoms with Crippen molar-refractivity contribution in [3.8, 4) is 5.75 Å². The van der Waals surface area contributed by atoms with Gasteiger partial charge in [-0.2, -0.15) is 0 Å². The van der Waals surface area contributed by atoms with Crippen LogP contribution in [0.4, 0.5) is 0 Å². The number of amides is 1. The van der Waals surface area contributed by atoms with Gasteiger partial charge in [-0.1, -0.05) is 42.5 Å². The lowest BCUT2D eigenvalue weighted by Gasteiger charge is -2.31. The van der Waals surface area contributed by atoms with Crippen molar-refractivity contribution in [2.45, 2.75) is 108 Å². The molecule has 2 saturated carbocycles. The highest BCUT2D eigenvalue weighted by molar-refractivity contribution is 5.94. The van der Waals surface area contributed by atoms with Gasteiger partial charge in [0.1, 0.15) is 29.7 Å². The van der Waals surface area contributed by atoms with Crippen LogP contribution in [0.1, 0.15) is 87.2 Å². The molecule has 0 bridgehead atoms. The number of allylic oxidation sites excluding steroid dienone is 1. The molecule has 6 rings (SSSR count). The van der Waals surface area contributed by atoms with Gasteiger partial charge in [-0.15, -0.1) is 0 Å². The van der Waals surface area contributed by atoms with Crippen molar-refractivity contribution in [3.63, 3.8) is 0 Å². The number of carbonyl (C=O) groups excluding carboxylic acids is 3. The number of aromatic hydroxyl groups is 1. The Kier molecular flexibility index (Phi) is 10.3. The number of nitrogens with one attached hydrogen (secondary N) is 1. The van der Waals surface area contributed by atoms with Crippen molar-refractivity contribution in [3.05, 3.63) is 82.9 Å². The molecule has 2 aromatic carbocycles. The van der Waals surface area contributed by atoms with Gasteiger partial charge in [0.25, 0.3) is 0 Å². The van der Waals surface area contributed by atoms with Crippen molar-refractivity contribution >= 4 is 23.9 Å². The molecule has 0 radical (unpaired) electrons. The summed E-state index contributed by atoms with van der Waals surface area (Å²) in [5, 5.41) is 22.9. The third-order valence-corrected chi connectivity index (χ3v) is 9.39. The van der Waals surface area contributed by atoms with Crippen LogP contribution in [-0.4, -0.2) is 70.4 Å². The normalized spacial score (nSPS) is 23.8. The van der Waals surface area contributed by atoms with E-state index in [1.165, 1.54) is 0 Å². The Morgan fingerprint density at radius 1 is 1.04 bits per heavy atom. The van der Waals surface area contributed by atoms with Crippen LogP contribution in [0.2, 0.25) is 0 Å². The first-order valence-electron chi connectivity index (χ1n) is 17.4. The molecule has 1 amide bonds. The molecule has 3 aliphatic carbocycles. The number of carbonyl (C=O) groups is 3. The summed E-state index contributed by atoms with van der Waals surface area (Å²) in [6.45, 7) is 5.00. The minimum Gasteiger partial charge on any atom is -0.508 e. The first-order chi connectivity index (χ1) is 23.4. The van der Waals surface area contributed by atoms with Crippen LogP contribution in [0.25, 0.3) is 6.08 Å². The highest BCUT2D eigenvalue weighted by Gasteiger charge is 2.64. The number of para-hydroxylation sites is 1. The Labute approximate surface area is 287 Å². The molecule has 4 atom stereocenters. The first-order valence-corrected chi connectivity index (χ1v) is 17.4. The van der Waals surface area contributed by atoms with Crippen LogP contribution in [0.3, 0.4) is 0 Å². The zero-order valence-electron chi connectivity index (χ0n) is 28.4. The molecule has 2 aromatic rings. The summed E-state index contributed by atoms with van der Waals surface area (Å²) in [7, 11) is 0. The number of esters is 2. The number of hydrogen-bond acceptors (Lipinski definition) is 9. The van der Waals surface area contributed by atoms with Crippen molar-refractivity contribution < 1.29 is 43.5 Å². The van der Waals surface area contributed by atoms with Crippen LogP contribution < -0.4 is 5.32 Å². The van der Waals surface area contributed by atoms with Crippen LogP contribution in [-0.2, 0) is 35.0 Å². The fourth-order valence-corrected chi connectivity index (χ4v) is 6.72. The van der Waals surface area contributed by atoms with Crippen LogP contribution >= 0.6 is 0 Å². The third-order valence-electron chi connectivity index (χ3n) is 9.39. The van der Waals surface area contributed by atoms with Gasteiger partial charge in [0, 0.05) is 30.3 Å². The first kappa shape index (κ1) is 34.9. The van der Waals surface area contributed by atoms with E-state index in [9.17, 15) is 24.6 Å². The van der Waals surface area contributed by atoms with E-state index in [2.05, 4.69) is 5.32 Å². The number of phenols is 1. The van der Waals surface area contributed by atoms with E-state index < -0.39 is 53.6 Å². The summed E-state index contributed by atoms with van der Waals surface area (Å²) in [5.41, 5.74) is 1.71. The summed E-state index contributed by atoms with van der Waals surface area (Å²) in [6, 6.07) is 13.6.